The average molecular weight is 380 g/mol. The van der Waals surface area contributed by atoms with Crippen LogP contribution in [0.1, 0.15) is 19.8 Å². The summed E-state index contributed by atoms with van der Waals surface area (Å²) in [5.41, 5.74) is -0.117. The van der Waals surface area contributed by atoms with Crippen molar-refractivity contribution in [2.24, 2.45) is 23.7 Å². The van der Waals surface area contributed by atoms with Crippen LogP contribution >= 0.6 is 0 Å². The van der Waals surface area contributed by atoms with Crippen molar-refractivity contribution in [3.05, 3.63) is 24.8 Å². The summed E-state index contributed by atoms with van der Waals surface area (Å²) in [6, 6.07) is 0. The van der Waals surface area contributed by atoms with E-state index in [1.54, 1.807) is 13.0 Å². The first kappa shape index (κ1) is 20.8. The molecule has 0 amide bonds. The van der Waals surface area contributed by atoms with Crippen molar-refractivity contribution < 1.29 is 38.5 Å². The lowest BCUT2D eigenvalue weighted by molar-refractivity contribution is -0.159. The third-order valence-corrected chi connectivity index (χ3v) is 5.07. The van der Waals surface area contributed by atoms with Crippen molar-refractivity contribution in [2.75, 3.05) is 13.2 Å². The maximum absolute atomic E-state index is 12.2. The summed E-state index contributed by atoms with van der Waals surface area (Å²) in [5, 5.41) is 9.10. The van der Waals surface area contributed by atoms with E-state index in [4.69, 9.17) is 19.3 Å². The highest BCUT2D eigenvalue weighted by Crippen LogP contribution is 2.38. The number of ether oxygens (including phenoxy) is 3. The first-order valence-corrected chi connectivity index (χ1v) is 8.76. The molecule has 0 spiro atoms. The van der Waals surface area contributed by atoms with E-state index in [1.807, 2.05) is 0 Å². The number of esters is 3. The summed E-state index contributed by atoms with van der Waals surface area (Å²) in [4.78, 5) is 47.8. The van der Waals surface area contributed by atoms with Crippen molar-refractivity contribution >= 4 is 24.2 Å². The smallest absolute Gasteiger partial charge is 0.336 e. The Morgan fingerprint density at radius 3 is 2.63 bits per heavy atom. The Hall–Kier alpha value is -2.48. The number of carbonyl (C=O) groups excluding carboxylic acids is 4. The van der Waals surface area contributed by atoms with Crippen molar-refractivity contribution in [1.29, 1.82) is 0 Å². The van der Waals surface area contributed by atoms with Gasteiger partial charge in [-0.3, -0.25) is 9.59 Å². The molecule has 0 aromatic rings. The maximum atomic E-state index is 12.2. The molecule has 0 aliphatic carbocycles. The van der Waals surface area contributed by atoms with Crippen LogP contribution in [0.2, 0.25) is 0 Å². The second-order valence-corrected chi connectivity index (χ2v) is 6.89. The molecule has 2 aliphatic rings. The minimum Gasteiger partial charge on any atom is -0.465 e. The van der Waals surface area contributed by atoms with E-state index in [1.165, 1.54) is 0 Å². The number of rotatable bonds is 5. The molecule has 0 saturated carbocycles. The maximum Gasteiger partial charge on any atom is 0.336 e. The molecule has 8 heteroatoms. The fourth-order valence-corrected chi connectivity index (χ4v) is 3.43. The third-order valence-electron chi connectivity index (χ3n) is 5.07. The fourth-order valence-electron chi connectivity index (χ4n) is 3.43. The first-order chi connectivity index (χ1) is 12.8. The zero-order valence-electron chi connectivity index (χ0n) is 15.2. The monoisotopic (exact) mass is 380 g/mol. The molecule has 0 aromatic heterocycles. The summed E-state index contributed by atoms with van der Waals surface area (Å²) in [6.07, 6.45) is 0.684. The Balaban J connectivity index is 2.37. The van der Waals surface area contributed by atoms with Crippen LogP contribution in [0.3, 0.4) is 0 Å². The number of aliphatic hydroxyl groups excluding tert-OH is 1. The molecule has 0 unspecified atom stereocenters. The van der Waals surface area contributed by atoms with Gasteiger partial charge in [-0.15, -0.1) is 6.58 Å². The number of fused-ring (bicyclic) bond motifs is 1. The standard InChI is InChI=1S/C19H24O8/c1-4-12-5-14(26-17(22)10(2)7-20)16-11(3)18(23)27-15(16)6-13(8-21)19(24)25-9-12/h4,8,11-16,20H,1-2,5-7,9H2,3H3/t11-,12-,13+,14-,15-,16+/m1/s1. The van der Waals surface area contributed by atoms with Crippen molar-refractivity contribution in [2.45, 2.75) is 32.0 Å². The zero-order valence-corrected chi connectivity index (χ0v) is 15.2. The summed E-state index contributed by atoms with van der Waals surface area (Å²) < 4.78 is 16.1. The molecule has 0 aromatic carbocycles. The molecule has 27 heavy (non-hydrogen) atoms. The van der Waals surface area contributed by atoms with E-state index in [-0.39, 0.29) is 30.9 Å². The molecule has 1 N–H and O–H groups in total. The molecule has 8 nitrogen and oxygen atoms in total. The highest BCUT2D eigenvalue weighted by molar-refractivity contribution is 5.88. The van der Waals surface area contributed by atoms with Gasteiger partial charge in [0.15, 0.2) is 0 Å². The Kier molecular flexibility index (Phi) is 6.90. The Labute approximate surface area is 157 Å². The molecule has 2 fully saturated rings. The average Bonchev–Trinajstić information content (AvgIpc) is 2.94. The molecule has 2 heterocycles. The highest BCUT2D eigenvalue weighted by Gasteiger charge is 2.49. The van der Waals surface area contributed by atoms with Gasteiger partial charge in [0.25, 0.3) is 0 Å². The van der Waals surface area contributed by atoms with E-state index in [0.29, 0.717) is 6.29 Å². The van der Waals surface area contributed by atoms with Crippen LogP contribution in [0.25, 0.3) is 0 Å². The third kappa shape index (κ3) is 4.63. The second kappa shape index (κ2) is 8.94. The lowest BCUT2D eigenvalue weighted by Crippen LogP contribution is -2.41. The predicted molar refractivity (Wildman–Crippen MR) is 92.1 cm³/mol. The van der Waals surface area contributed by atoms with Crippen LogP contribution in [0.15, 0.2) is 24.8 Å². The van der Waals surface area contributed by atoms with Gasteiger partial charge in [0, 0.05) is 18.3 Å². The molecule has 6 atom stereocenters. The molecule has 2 rings (SSSR count). The molecular formula is C19H24O8. The van der Waals surface area contributed by atoms with Gasteiger partial charge >= 0.3 is 17.9 Å². The number of hydrogen-bond donors (Lipinski definition) is 1. The first-order valence-electron chi connectivity index (χ1n) is 8.76. The van der Waals surface area contributed by atoms with Crippen LogP contribution in [0.5, 0.6) is 0 Å². The lowest BCUT2D eigenvalue weighted by Gasteiger charge is -2.32. The second-order valence-electron chi connectivity index (χ2n) is 6.89. The van der Waals surface area contributed by atoms with Gasteiger partial charge in [-0.05, 0) is 6.42 Å². The van der Waals surface area contributed by atoms with Gasteiger partial charge in [-0.2, -0.15) is 0 Å². The Morgan fingerprint density at radius 2 is 2.04 bits per heavy atom. The fraction of sp³-hybridized carbons (Fsp3) is 0.579. The number of hydrogen-bond acceptors (Lipinski definition) is 8. The van der Waals surface area contributed by atoms with Crippen LogP contribution < -0.4 is 0 Å². The molecule has 0 bridgehead atoms. The normalized spacial score (nSPS) is 33.9. The largest absolute Gasteiger partial charge is 0.465 e. The van der Waals surface area contributed by atoms with Crippen molar-refractivity contribution in [3.63, 3.8) is 0 Å². The Bertz CT molecular complexity index is 640. The van der Waals surface area contributed by atoms with Gasteiger partial charge in [-0.25, -0.2) is 4.79 Å². The molecule has 2 saturated heterocycles. The van der Waals surface area contributed by atoms with E-state index in [0.717, 1.165) is 0 Å². The molecular weight excluding hydrogens is 356 g/mol. The lowest BCUT2D eigenvalue weighted by atomic mass is 9.79. The summed E-state index contributed by atoms with van der Waals surface area (Å²) in [7, 11) is 0. The number of aldehydes is 1. The summed E-state index contributed by atoms with van der Waals surface area (Å²) in [5.74, 6) is -4.54. The summed E-state index contributed by atoms with van der Waals surface area (Å²) in [6.45, 7) is 8.22. The highest BCUT2D eigenvalue weighted by atomic mass is 16.6. The molecule has 2 aliphatic heterocycles. The van der Waals surface area contributed by atoms with Crippen LogP contribution in [-0.4, -0.2) is 54.7 Å². The predicted octanol–water partition coefficient (Wildman–Crippen LogP) is 0.579. The molecule has 0 radical (unpaired) electrons. The van der Waals surface area contributed by atoms with E-state index in [2.05, 4.69) is 13.2 Å². The van der Waals surface area contributed by atoms with E-state index >= 15 is 0 Å². The van der Waals surface area contributed by atoms with Gasteiger partial charge in [0.2, 0.25) is 0 Å². The summed E-state index contributed by atoms with van der Waals surface area (Å²) >= 11 is 0. The van der Waals surface area contributed by atoms with Crippen molar-refractivity contribution in [1.82, 2.24) is 0 Å². The van der Waals surface area contributed by atoms with Crippen LogP contribution in [-0.2, 0) is 33.4 Å². The van der Waals surface area contributed by atoms with E-state index < -0.39 is 54.5 Å². The van der Waals surface area contributed by atoms with Gasteiger partial charge in [0.05, 0.1) is 24.7 Å². The quantitative estimate of drug-likeness (QED) is 0.184. The number of cyclic esters (lactones) is 1. The Morgan fingerprint density at radius 1 is 1.33 bits per heavy atom. The van der Waals surface area contributed by atoms with Crippen LogP contribution in [0, 0.1) is 23.7 Å². The van der Waals surface area contributed by atoms with Gasteiger partial charge in [-0.1, -0.05) is 19.6 Å². The van der Waals surface area contributed by atoms with Crippen molar-refractivity contribution in [3.8, 4) is 0 Å². The number of carbonyl (C=O) groups is 4. The minimum atomic E-state index is -1.08. The minimum absolute atomic E-state index is 0.0256. The topological polar surface area (TPSA) is 116 Å². The molecule has 148 valence electrons. The van der Waals surface area contributed by atoms with Crippen LogP contribution in [0.4, 0.5) is 0 Å². The SMILES string of the molecule is C=C[C@H]1COC(=O)[C@H](C=O)C[C@H]2OC(=O)[C@H](C)[C@H]2[C@H](OC(=O)C(=C)CO)C1. The zero-order chi connectivity index (χ0) is 20.1. The van der Waals surface area contributed by atoms with Gasteiger partial charge < -0.3 is 24.1 Å². The van der Waals surface area contributed by atoms with E-state index in [9.17, 15) is 19.2 Å². The number of aliphatic hydroxyl groups is 1. The van der Waals surface area contributed by atoms with Gasteiger partial charge in [0.1, 0.15) is 24.4 Å².